The van der Waals surface area contributed by atoms with Crippen LogP contribution in [-0.4, -0.2) is 21.0 Å². The molecule has 3 aromatic rings. The second-order valence-corrected chi connectivity index (χ2v) is 6.64. The maximum Gasteiger partial charge on any atom is 0.295 e. The summed E-state index contributed by atoms with van der Waals surface area (Å²) in [6.45, 7) is 1.79. The first-order chi connectivity index (χ1) is 13.6. The summed E-state index contributed by atoms with van der Waals surface area (Å²) in [4.78, 5) is 31.0. The number of amides is 1. The Morgan fingerprint density at radius 3 is 2.43 bits per heavy atom. The van der Waals surface area contributed by atoms with Gasteiger partial charge in [-0.25, -0.2) is 4.68 Å². The molecule has 142 valence electrons. The molecule has 1 amide bonds. The van der Waals surface area contributed by atoms with Crippen molar-refractivity contribution in [2.24, 2.45) is 12.2 Å². The summed E-state index contributed by atoms with van der Waals surface area (Å²) in [5, 5.41) is 6.64. The summed E-state index contributed by atoms with van der Waals surface area (Å²) >= 11 is 0. The lowest BCUT2D eigenvalue weighted by Crippen LogP contribution is -2.26. The molecule has 0 bridgehead atoms. The van der Waals surface area contributed by atoms with Gasteiger partial charge in [-0.1, -0.05) is 53.7 Å². The minimum Gasteiger partial charge on any atom is -0.387 e. The van der Waals surface area contributed by atoms with Gasteiger partial charge in [0.25, 0.3) is 11.5 Å². The van der Waals surface area contributed by atoms with Gasteiger partial charge in [0.05, 0.1) is 11.4 Å². The lowest BCUT2D eigenvalue weighted by atomic mass is 10.0. The highest BCUT2D eigenvalue weighted by Gasteiger charge is 2.29. The first-order valence-electron chi connectivity index (χ1n) is 8.99. The minimum atomic E-state index is -0.426. The van der Waals surface area contributed by atoms with E-state index in [0.717, 1.165) is 11.3 Å². The van der Waals surface area contributed by atoms with Crippen molar-refractivity contribution in [1.82, 2.24) is 9.36 Å². The first kappa shape index (κ1) is 17.8. The van der Waals surface area contributed by atoms with E-state index >= 15 is 0 Å². The fourth-order valence-electron chi connectivity index (χ4n) is 3.26. The van der Waals surface area contributed by atoms with Crippen molar-refractivity contribution in [2.45, 2.75) is 19.4 Å². The van der Waals surface area contributed by atoms with Gasteiger partial charge in [0.1, 0.15) is 11.4 Å². The first-order valence-corrected chi connectivity index (χ1v) is 8.99. The normalized spacial score (nSPS) is 15.8. The van der Waals surface area contributed by atoms with E-state index in [0.29, 0.717) is 12.1 Å². The van der Waals surface area contributed by atoms with Crippen LogP contribution in [0.1, 0.15) is 23.8 Å². The summed E-state index contributed by atoms with van der Waals surface area (Å²) < 4.78 is 3.23. The highest BCUT2D eigenvalue weighted by Crippen LogP contribution is 2.27. The molecule has 28 heavy (non-hydrogen) atoms. The Labute approximate surface area is 161 Å². The number of nitrogens with one attached hydrogen (secondary N) is 1. The van der Waals surface area contributed by atoms with Crippen LogP contribution in [-0.2, 0) is 16.7 Å². The molecule has 1 unspecified atom stereocenters. The molecule has 4 rings (SSSR count). The molecule has 1 aliphatic rings. The van der Waals surface area contributed by atoms with E-state index < -0.39 is 5.91 Å². The third-order valence-electron chi connectivity index (χ3n) is 4.90. The van der Waals surface area contributed by atoms with Gasteiger partial charge in [0, 0.05) is 13.5 Å². The predicted molar refractivity (Wildman–Crippen MR) is 107 cm³/mol. The molecule has 1 atom stereocenters. The molecule has 7 nitrogen and oxygen atoms in total. The van der Waals surface area contributed by atoms with Crippen molar-refractivity contribution >= 4 is 17.3 Å². The number of rotatable bonds is 4. The summed E-state index contributed by atoms with van der Waals surface area (Å²) in [6.07, 6.45) is 0.0639. The van der Waals surface area contributed by atoms with Crippen LogP contribution in [0.5, 0.6) is 0 Å². The third-order valence-corrected chi connectivity index (χ3v) is 4.90. The van der Waals surface area contributed by atoms with Crippen LogP contribution in [0, 0.1) is 6.92 Å². The van der Waals surface area contributed by atoms with E-state index in [9.17, 15) is 9.59 Å². The molecule has 0 saturated heterocycles. The van der Waals surface area contributed by atoms with E-state index in [1.54, 1.807) is 18.7 Å². The van der Waals surface area contributed by atoms with Crippen molar-refractivity contribution in [2.75, 3.05) is 5.32 Å². The molecule has 7 heteroatoms. The van der Waals surface area contributed by atoms with E-state index in [4.69, 9.17) is 4.84 Å². The van der Waals surface area contributed by atoms with E-state index in [-0.39, 0.29) is 23.1 Å². The van der Waals surface area contributed by atoms with Gasteiger partial charge < -0.3 is 10.2 Å². The average Bonchev–Trinajstić information content (AvgIpc) is 3.30. The molecule has 0 saturated carbocycles. The topological polar surface area (TPSA) is 77.6 Å². The second kappa shape index (κ2) is 7.19. The lowest BCUT2D eigenvalue weighted by molar-refractivity contribution is -0.110. The van der Waals surface area contributed by atoms with Crippen LogP contribution in [0.25, 0.3) is 5.69 Å². The van der Waals surface area contributed by atoms with E-state index in [1.807, 2.05) is 60.7 Å². The lowest BCUT2D eigenvalue weighted by Gasteiger charge is -2.07. The third kappa shape index (κ3) is 3.11. The van der Waals surface area contributed by atoms with Gasteiger partial charge >= 0.3 is 0 Å². The maximum absolute atomic E-state index is 12.9. The van der Waals surface area contributed by atoms with Crippen LogP contribution in [0.4, 0.5) is 5.69 Å². The molecule has 2 aromatic carbocycles. The zero-order chi connectivity index (χ0) is 19.7. The Balaban J connectivity index is 1.55. The fraction of sp³-hybridized carbons (Fsp3) is 0.190. The van der Waals surface area contributed by atoms with Crippen LogP contribution in [0.15, 0.2) is 70.6 Å². The van der Waals surface area contributed by atoms with Crippen molar-refractivity contribution < 1.29 is 9.63 Å². The van der Waals surface area contributed by atoms with Crippen molar-refractivity contribution in [3.8, 4) is 5.69 Å². The number of oxime groups is 1. The number of carbonyl (C=O) groups is 1. The summed E-state index contributed by atoms with van der Waals surface area (Å²) in [5.41, 5.74) is 2.55. The zero-order valence-corrected chi connectivity index (χ0v) is 15.6. The number of nitrogens with zero attached hydrogens (tertiary/aromatic N) is 3. The molecule has 0 spiro atoms. The molecule has 0 aliphatic carbocycles. The molecule has 2 heterocycles. The number of para-hydroxylation sites is 1. The summed E-state index contributed by atoms with van der Waals surface area (Å²) in [6, 6.07) is 18.9. The summed E-state index contributed by atoms with van der Waals surface area (Å²) in [7, 11) is 1.78. The standard InChI is InChI=1S/C21H20N4O3/c1-14-19(21(27)25(24(14)2)16-11-7-4-8-12-16)22-20(26)17-13-18(28-23-17)15-9-5-3-6-10-15/h3-12,18H,13H2,1-2H3,(H,22,26). The van der Waals surface area contributed by atoms with Gasteiger partial charge in [0.15, 0.2) is 6.10 Å². The number of anilines is 1. The Kier molecular flexibility index (Phi) is 4.57. The smallest absolute Gasteiger partial charge is 0.295 e. The highest BCUT2D eigenvalue weighted by molar-refractivity contribution is 6.43. The Morgan fingerprint density at radius 2 is 1.75 bits per heavy atom. The fourth-order valence-corrected chi connectivity index (χ4v) is 3.26. The predicted octanol–water partition coefficient (Wildman–Crippen LogP) is 2.94. The zero-order valence-electron chi connectivity index (χ0n) is 15.6. The second-order valence-electron chi connectivity index (χ2n) is 6.64. The van der Waals surface area contributed by atoms with Gasteiger partial charge in [-0.3, -0.25) is 14.3 Å². The molecule has 1 aliphatic heterocycles. The van der Waals surface area contributed by atoms with Gasteiger partial charge in [-0.15, -0.1) is 0 Å². The van der Waals surface area contributed by atoms with E-state index in [1.165, 1.54) is 4.68 Å². The molecule has 0 fully saturated rings. The number of benzene rings is 2. The number of aromatic nitrogens is 2. The van der Waals surface area contributed by atoms with Crippen molar-refractivity contribution in [1.29, 1.82) is 0 Å². The van der Waals surface area contributed by atoms with Crippen LogP contribution < -0.4 is 10.9 Å². The Hall–Kier alpha value is -3.61. The number of hydrogen-bond acceptors (Lipinski definition) is 4. The summed E-state index contributed by atoms with van der Waals surface area (Å²) in [5.74, 6) is -0.426. The minimum absolute atomic E-state index is 0.238. The molecular formula is C21H20N4O3. The van der Waals surface area contributed by atoms with Gasteiger partial charge in [0.2, 0.25) is 0 Å². The Morgan fingerprint density at radius 1 is 1.11 bits per heavy atom. The SMILES string of the molecule is Cc1c(NC(=O)C2=NOC(c3ccccc3)C2)c(=O)n(-c2ccccc2)n1C. The molecule has 1 aromatic heterocycles. The molecule has 0 radical (unpaired) electrons. The van der Waals surface area contributed by atoms with E-state index in [2.05, 4.69) is 10.5 Å². The van der Waals surface area contributed by atoms with Gasteiger partial charge in [-0.2, -0.15) is 0 Å². The molecular weight excluding hydrogens is 356 g/mol. The average molecular weight is 376 g/mol. The van der Waals surface area contributed by atoms with Crippen LogP contribution in [0.2, 0.25) is 0 Å². The molecule has 1 N–H and O–H groups in total. The Bertz CT molecular complexity index is 1100. The van der Waals surface area contributed by atoms with Crippen molar-refractivity contribution in [3.05, 3.63) is 82.3 Å². The quantitative estimate of drug-likeness (QED) is 0.760. The largest absolute Gasteiger partial charge is 0.387 e. The number of hydrogen-bond donors (Lipinski definition) is 1. The maximum atomic E-state index is 12.9. The number of carbonyl (C=O) groups excluding carboxylic acids is 1. The van der Waals surface area contributed by atoms with Crippen LogP contribution in [0.3, 0.4) is 0 Å². The monoisotopic (exact) mass is 376 g/mol. The highest BCUT2D eigenvalue weighted by atomic mass is 16.6. The van der Waals surface area contributed by atoms with Gasteiger partial charge in [-0.05, 0) is 24.6 Å². The van der Waals surface area contributed by atoms with Crippen LogP contribution >= 0.6 is 0 Å². The van der Waals surface area contributed by atoms with Crippen molar-refractivity contribution in [3.63, 3.8) is 0 Å².